The maximum atomic E-state index is 13.0. The molecule has 0 aromatic heterocycles. The van der Waals surface area contributed by atoms with Crippen LogP contribution in [0, 0.1) is 23.2 Å². The third kappa shape index (κ3) is 12.1. The molecule has 1 aliphatic carbocycles. The number of aliphatic hydroxyl groups excluding tert-OH is 2. The van der Waals surface area contributed by atoms with Crippen LogP contribution in [0.3, 0.4) is 0 Å². The van der Waals surface area contributed by atoms with Gasteiger partial charge in [0, 0.05) is 38.3 Å². The number of ether oxygens (including phenoxy) is 2. The zero-order valence-corrected chi connectivity index (χ0v) is 26.4. The standard InChI is InChI=1S/C31H53N3O6.ClH/c1-21(2)22(19-33-29(37)25-10-6-7-11-28(25)40-17-9-8-16-39-5)18-26(32)27(36)20-34-30(38)31(3,4)23-12-14-24(35)15-13-23;/h6-7,10-11,21-24,26-27,35-36H,8-9,12-20,32H2,1-5H3,(H,33,37)(H,34,38);1H/t22-,23-,24+,26+,27+;/m1./s1. The van der Waals surface area contributed by atoms with Gasteiger partial charge in [0.15, 0.2) is 0 Å². The molecule has 10 heteroatoms. The second-order valence-electron chi connectivity index (χ2n) is 12.2. The monoisotopic (exact) mass is 599 g/mol. The average molecular weight is 600 g/mol. The number of para-hydroxylation sites is 1. The number of hydrogen-bond acceptors (Lipinski definition) is 7. The fraction of sp³-hybridized carbons (Fsp3) is 0.742. The van der Waals surface area contributed by atoms with E-state index in [1.165, 1.54) is 0 Å². The van der Waals surface area contributed by atoms with Gasteiger partial charge in [0.1, 0.15) is 5.75 Å². The molecule has 0 aliphatic heterocycles. The molecule has 0 unspecified atom stereocenters. The summed E-state index contributed by atoms with van der Waals surface area (Å²) in [5.74, 6) is 0.692. The summed E-state index contributed by atoms with van der Waals surface area (Å²) >= 11 is 0. The minimum atomic E-state index is -0.905. The molecule has 236 valence electrons. The van der Waals surface area contributed by atoms with Crippen molar-refractivity contribution in [2.24, 2.45) is 28.9 Å². The van der Waals surface area contributed by atoms with E-state index in [1.54, 1.807) is 19.2 Å². The molecular formula is C31H54ClN3O6. The molecular weight excluding hydrogens is 546 g/mol. The van der Waals surface area contributed by atoms with Gasteiger partial charge in [0.2, 0.25) is 5.91 Å². The number of benzene rings is 1. The van der Waals surface area contributed by atoms with Gasteiger partial charge >= 0.3 is 0 Å². The summed E-state index contributed by atoms with van der Waals surface area (Å²) in [6, 6.07) is 6.65. The first-order valence-corrected chi connectivity index (χ1v) is 14.9. The van der Waals surface area contributed by atoms with Crippen LogP contribution in [0.25, 0.3) is 0 Å². The van der Waals surface area contributed by atoms with E-state index in [2.05, 4.69) is 24.5 Å². The first kappa shape index (κ1) is 37.1. The maximum Gasteiger partial charge on any atom is 0.255 e. The molecule has 1 aliphatic rings. The van der Waals surface area contributed by atoms with Crippen molar-refractivity contribution in [3.8, 4) is 5.75 Å². The highest BCUT2D eigenvalue weighted by Gasteiger charge is 2.38. The van der Waals surface area contributed by atoms with Crippen molar-refractivity contribution >= 4 is 24.2 Å². The van der Waals surface area contributed by atoms with Crippen molar-refractivity contribution < 1.29 is 29.3 Å². The molecule has 2 rings (SSSR count). The number of halogens is 1. The Balaban J connectivity index is 0.00000840. The fourth-order valence-corrected chi connectivity index (χ4v) is 5.29. The number of rotatable bonds is 17. The van der Waals surface area contributed by atoms with Gasteiger partial charge in [-0.15, -0.1) is 12.4 Å². The predicted octanol–water partition coefficient (Wildman–Crippen LogP) is 3.69. The Bertz CT molecular complexity index is 908. The summed E-state index contributed by atoms with van der Waals surface area (Å²) in [6.45, 7) is 9.66. The van der Waals surface area contributed by atoms with Crippen LogP contribution in [0.15, 0.2) is 24.3 Å². The Morgan fingerprint density at radius 1 is 1.05 bits per heavy atom. The number of carbonyl (C=O) groups is 2. The molecule has 1 saturated carbocycles. The minimum Gasteiger partial charge on any atom is -0.493 e. The number of hydrogen-bond donors (Lipinski definition) is 5. The largest absolute Gasteiger partial charge is 0.493 e. The zero-order chi connectivity index (χ0) is 29.7. The summed E-state index contributed by atoms with van der Waals surface area (Å²) in [4.78, 5) is 26.0. The van der Waals surface area contributed by atoms with Crippen molar-refractivity contribution in [3.05, 3.63) is 29.8 Å². The number of amides is 2. The maximum absolute atomic E-state index is 13.0. The molecule has 0 spiro atoms. The van der Waals surface area contributed by atoms with E-state index in [9.17, 15) is 19.8 Å². The van der Waals surface area contributed by atoms with Gasteiger partial charge < -0.3 is 36.1 Å². The van der Waals surface area contributed by atoms with Crippen LogP contribution in [-0.2, 0) is 9.53 Å². The Morgan fingerprint density at radius 2 is 1.68 bits per heavy atom. The van der Waals surface area contributed by atoms with Crippen molar-refractivity contribution in [2.45, 2.75) is 90.9 Å². The first-order chi connectivity index (χ1) is 19.0. The second kappa shape index (κ2) is 18.6. The molecule has 1 aromatic carbocycles. The molecule has 6 N–H and O–H groups in total. The normalized spacial score (nSPS) is 19.5. The second-order valence-corrected chi connectivity index (χ2v) is 12.2. The Labute approximate surface area is 252 Å². The van der Waals surface area contributed by atoms with Gasteiger partial charge in [0.05, 0.1) is 24.4 Å². The van der Waals surface area contributed by atoms with E-state index in [-0.39, 0.29) is 54.6 Å². The third-order valence-electron chi connectivity index (χ3n) is 8.44. The highest BCUT2D eigenvalue weighted by atomic mass is 35.5. The van der Waals surface area contributed by atoms with E-state index in [0.717, 1.165) is 38.5 Å². The lowest BCUT2D eigenvalue weighted by Crippen LogP contribution is -2.49. The molecule has 0 bridgehead atoms. The lowest BCUT2D eigenvalue weighted by atomic mass is 9.70. The van der Waals surface area contributed by atoms with E-state index in [4.69, 9.17) is 15.2 Å². The minimum absolute atomic E-state index is 0. The van der Waals surface area contributed by atoms with Crippen LogP contribution in [-0.4, -0.2) is 73.7 Å². The van der Waals surface area contributed by atoms with Gasteiger partial charge in [-0.05, 0) is 74.8 Å². The van der Waals surface area contributed by atoms with Crippen molar-refractivity contribution in [1.29, 1.82) is 0 Å². The van der Waals surface area contributed by atoms with Crippen LogP contribution in [0.1, 0.15) is 83.0 Å². The summed E-state index contributed by atoms with van der Waals surface area (Å²) in [6.07, 6.45) is 4.11. The van der Waals surface area contributed by atoms with Gasteiger partial charge in [-0.3, -0.25) is 9.59 Å². The van der Waals surface area contributed by atoms with Gasteiger partial charge in [-0.1, -0.05) is 39.8 Å². The molecule has 41 heavy (non-hydrogen) atoms. The van der Waals surface area contributed by atoms with Crippen LogP contribution >= 0.6 is 12.4 Å². The Morgan fingerprint density at radius 3 is 2.32 bits per heavy atom. The van der Waals surface area contributed by atoms with E-state index in [0.29, 0.717) is 37.5 Å². The Hall–Kier alpha value is -1.91. The number of methoxy groups -OCH3 is 1. The van der Waals surface area contributed by atoms with Crippen molar-refractivity contribution in [2.75, 3.05) is 33.4 Å². The number of nitrogens with one attached hydrogen (secondary N) is 2. The number of unbranched alkanes of at least 4 members (excludes halogenated alkanes) is 1. The smallest absolute Gasteiger partial charge is 0.255 e. The van der Waals surface area contributed by atoms with Crippen molar-refractivity contribution in [1.82, 2.24) is 10.6 Å². The van der Waals surface area contributed by atoms with Gasteiger partial charge in [-0.25, -0.2) is 0 Å². The van der Waals surface area contributed by atoms with E-state index >= 15 is 0 Å². The lowest BCUT2D eigenvalue weighted by molar-refractivity contribution is -0.134. The van der Waals surface area contributed by atoms with Crippen LogP contribution < -0.4 is 21.1 Å². The summed E-state index contributed by atoms with van der Waals surface area (Å²) in [5.41, 5.74) is 6.27. The van der Waals surface area contributed by atoms with Crippen LogP contribution in [0.4, 0.5) is 0 Å². The molecule has 1 fully saturated rings. The summed E-state index contributed by atoms with van der Waals surface area (Å²) < 4.78 is 10.9. The molecule has 9 nitrogen and oxygen atoms in total. The summed E-state index contributed by atoms with van der Waals surface area (Å²) in [7, 11) is 1.67. The number of carbonyl (C=O) groups excluding carboxylic acids is 2. The first-order valence-electron chi connectivity index (χ1n) is 14.9. The SMILES string of the molecule is COCCCCOc1ccccc1C(=O)NC[C@@H](C[C@H](N)[C@@H](O)CNC(=O)C(C)(C)[C@H]1CC[C@@H](O)CC1)C(C)C.Cl. The molecule has 1 aromatic rings. The average Bonchev–Trinajstić information content (AvgIpc) is 2.93. The predicted molar refractivity (Wildman–Crippen MR) is 164 cm³/mol. The van der Waals surface area contributed by atoms with Gasteiger partial charge in [-0.2, -0.15) is 0 Å². The topological polar surface area (TPSA) is 143 Å². The number of aliphatic hydroxyl groups is 2. The fourth-order valence-electron chi connectivity index (χ4n) is 5.29. The van der Waals surface area contributed by atoms with Gasteiger partial charge in [0.25, 0.3) is 5.91 Å². The summed E-state index contributed by atoms with van der Waals surface area (Å²) in [5, 5.41) is 26.5. The third-order valence-corrected chi connectivity index (χ3v) is 8.44. The molecule has 3 atom stereocenters. The number of nitrogens with two attached hydrogens (primary N) is 1. The molecule has 0 radical (unpaired) electrons. The van der Waals surface area contributed by atoms with E-state index in [1.807, 2.05) is 26.0 Å². The molecule has 2 amide bonds. The van der Waals surface area contributed by atoms with Crippen LogP contribution in [0.5, 0.6) is 5.75 Å². The van der Waals surface area contributed by atoms with E-state index < -0.39 is 17.6 Å². The van der Waals surface area contributed by atoms with Crippen LogP contribution in [0.2, 0.25) is 0 Å². The Kier molecular flexibility index (Phi) is 16.8. The lowest BCUT2D eigenvalue weighted by Gasteiger charge is -2.37. The highest BCUT2D eigenvalue weighted by Crippen LogP contribution is 2.38. The molecule has 0 saturated heterocycles. The zero-order valence-electron chi connectivity index (χ0n) is 25.6. The van der Waals surface area contributed by atoms with Crippen molar-refractivity contribution in [3.63, 3.8) is 0 Å². The highest BCUT2D eigenvalue weighted by molar-refractivity contribution is 5.96. The quantitative estimate of drug-likeness (QED) is 0.172. The molecule has 0 heterocycles.